The SMILES string of the molecule is CC(CNc1ncncc1I)N1CCCC1. The van der Waals surface area contributed by atoms with E-state index in [1.165, 1.54) is 25.9 Å². The zero-order valence-electron chi connectivity index (χ0n) is 9.49. The van der Waals surface area contributed by atoms with Gasteiger partial charge < -0.3 is 5.32 Å². The van der Waals surface area contributed by atoms with Crippen LogP contribution in [0.1, 0.15) is 19.8 Å². The van der Waals surface area contributed by atoms with Gasteiger partial charge >= 0.3 is 0 Å². The van der Waals surface area contributed by atoms with E-state index in [1.54, 1.807) is 6.33 Å². The molecule has 1 saturated heterocycles. The zero-order chi connectivity index (χ0) is 11.4. The molecule has 1 unspecified atom stereocenters. The number of hydrogen-bond acceptors (Lipinski definition) is 4. The highest BCUT2D eigenvalue weighted by atomic mass is 127. The van der Waals surface area contributed by atoms with E-state index in [0.29, 0.717) is 6.04 Å². The lowest BCUT2D eigenvalue weighted by molar-refractivity contribution is 0.269. The maximum absolute atomic E-state index is 4.23. The van der Waals surface area contributed by atoms with Crippen LogP contribution in [-0.4, -0.2) is 40.5 Å². The number of halogens is 1. The van der Waals surface area contributed by atoms with Gasteiger partial charge in [0.25, 0.3) is 0 Å². The van der Waals surface area contributed by atoms with E-state index in [9.17, 15) is 0 Å². The molecule has 0 spiro atoms. The predicted octanol–water partition coefficient (Wildman–Crippen LogP) is 1.98. The van der Waals surface area contributed by atoms with Crippen LogP contribution in [0.25, 0.3) is 0 Å². The molecule has 88 valence electrons. The molecule has 0 aromatic carbocycles. The molecule has 4 nitrogen and oxygen atoms in total. The van der Waals surface area contributed by atoms with Crippen LogP contribution < -0.4 is 5.32 Å². The van der Waals surface area contributed by atoms with Crippen LogP contribution in [0.3, 0.4) is 0 Å². The third-order valence-electron chi connectivity index (χ3n) is 3.00. The molecule has 0 amide bonds. The van der Waals surface area contributed by atoms with Gasteiger partial charge in [0.05, 0.1) is 3.57 Å². The fraction of sp³-hybridized carbons (Fsp3) is 0.636. The molecule has 0 radical (unpaired) electrons. The molecule has 1 fully saturated rings. The molecule has 1 N–H and O–H groups in total. The fourth-order valence-electron chi connectivity index (χ4n) is 2.00. The summed E-state index contributed by atoms with van der Waals surface area (Å²) in [4.78, 5) is 10.7. The molecular formula is C11H17IN4. The molecular weight excluding hydrogens is 315 g/mol. The summed E-state index contributed by atoms with van der Waals surface area (Å²) in [7, 11) is 0. The third kappa shape index (κ3) is 3.04. The Morgan fingerprint density at radius 1 is 1.50 bits per heavy atom. The number of hydrogen-bond donors (Lipinski definition) is 1. The number of nitrogens with one attached hydrogen (secondary N) is 1. The summed E-state index contributed by atoms with van der Waals surface area (Å²) in [6.45, 7) is 5.70. The maximum atomic E-state index is 4.23. The van der Waals surface area contributed by atoms with Crippen LogP contribution in [0.4, 0.5) is 5.82 Å². The first-order chi connectivity index (χ1) is 7.77. The van der Waals surface area contributed by atoms with Crippen molar-refractivity contribution < 1.29 is 0 Å². The topological polar surface area (TPSA) is 41.1 Å². The van der Waals surface area contributed by atoms with Crippen molar-refractivity contribution in [1.29, 1.82) is 0 Å². The summed E-state index contributed by atoms with van der Waals surface area (Å²) in [5.41, 5.74) is 0. The van der Waals surface area contributed by atoms with Gasteiger partial charge in [-0.1, -0.05) is 0 Å². The lowest BCUT2D eigenvalue weighted by atomic mass is 10.3. The molecule has 1 atom stereocenters. The monoisotopic (exact) mass is 332 g/mol. The minimum atomic E-state index is 0.577. The van der Waals surface area contributed by atoms with Gasteiger partial charge in [0.1, 0.15) is 12.1 Å². The average Bonchev–Trinajstić information content (AvgIpc) is 2.81. The molecule has 1 aromatic heterocycles. The molecule has 5 heteroatoms. The summed E-state index contributed by atoms with van der Waals surface area (Å²) in [6.07, 6.45) is 6.10. The summed E-state index contributed by atoms with van der Waals surface area (Å²) in [5, 5.41) is 3.39. The molecule has 2 rings (SSSR count). The molecule has 1 aliphatic heterocycles. The highest BCUT2D eigenvalue weighted by molar-refractivity contribution is 14.1. The first-order valence-corrected chi connectivity index (χ1v) is 6.78. The minimum Gasteiger partial charge on any atom is -0.368 e. The average molecular weight is 332 g/mol. The maximum Gasteiger partial charge on any atom is 0.142 e. The van der Waals surface area contributed by atoms with Crippen molar-refractivity contribution in [2.45, 2.75) is 25.8 Å². The van der Waals surface area contributed by atoms with Crippen molar-refractivity contribution in [2.24, 2.45) is 0 Å². The van der Waals surface area contributed by atoms with Gasteiger partial charge in [-0.2, -0.15) is 0 Å². The Morgan fingerprint density at radius 2 is 2.25 bits per heavy atom. The van der Waals surface area contributed by atoms with E-state index < -0.39 is 0 Å². The number of nitrogens with zero attached hydrogens (tertiary/aromatic N) is 3. The van der Waals surface area contributed by atoms with E-state index in [1.807, 2.05) is 6.20 Å². The summed E-state index contributed by atoms with van der Waals surface area (Å²) in [5.74, 6) is 0.946. The van der Waals surface area contributed by atoms with E-state index in [-0.39, 0.29) is 0 Å². The quantitative estimate of drug-likeness (QED) is 0.856. The van der Waals surface area contributed by atoms with Gasteiger partial charge in [-0.25, -0.2) is 9.97 Å². The smallest absolute Gasteiger partial charge is 0.142 e. The zero-order valence-corrected chi connectivity index (χ0v) is 11.6. The Labute approximate surface area is 110 Å². The highest BCUT2D eigenvalue weighted by Gasteiger charge is 2.17. The molecule has 1 aromatic rings. The van der Waals surface area contributed by atoms with E-state index in [4.69, 9.17) is 0 Å². The summed E-state index contributed by atoms with van der Waals surface area (Å²) < 4.78 is 1.08. The van der Waals surface area contributed by atoms with Crippen LogP contribution in [0.2, 0.25) is 0 Å². The van der Waals surface area contributed by atoms with E-state index in [2.05, 4.69) is 49.7 Å². The minimum absolute atomic E-state index is 0.577. The Morgan fingerprint density at radius 3 is 2.94 bits per heavy atom. The Hall–Kier alpha value is -0.430. The normalized spacial score (nSPS) is 18.6. The Kier molecular flexibility index (Phi) is 4.34. The molecule has 16 heavy (non-hydrogen) atoms. The summed E-state index contributed by atoms with van der Waals surface area (Å²) >= 11 is 2.25. The van der Waals surface area contributed by atoms with Crippen molar-refractivity contribution in [3.8, 4) is 0 Å². The van der Waals surface area contributed by atoms with Gasteiger partial charge in [0, 0.05) is 18.8 Å². The van der Waals surface area contributed by atoms with Gasteiger partial charge in [-0.05, 0) is 55.4 Å². The Bertz CT molecular complexity index is 339. The van der Waals surface area contributed by atoms with Gasteiger partial charge in [0.15, 0.2) is 0 Å². The van der Waals surface area contributed by atoms with Crippen molar-refractivity contribution in [2.75, 3.05) is 25.0 Å². The third-order valence-corrected chi connectivity index (χ3v) is 3.79. The van der Waals surface area contributed by atoms with Crippen LogP contribution in [0.15, 0.2) is 12.5 Å². The number of likely N-dealkylation sites (tertiary alicyclic amines) is 1. The molecule has 0 bridgehead atoms. The Balaban J connectivity index is 1.84. The highest BCUT2D eigenvalue weighted by Crippen LogP contribution is 2.15. The van der Waals surface area contributed by atoms with Crippen LogP contribution in [-0.2, 0) is 0 Å². The van der Waals surface area contributed by atoms with Gasteiger partial charge in [-0.15, -0.1) is 0 Å². The lowest BCUT2D eigenvalue weighted by Gasteiger charge is -2.24. The number of aromatic nitrogens is 2. The molecule has 0 aliphatic carbocycles. The van der Waals surface area contributed by atoms with Crippen LogP contribution >= 0.6 is 22.6 Å². The van der Waals surface area contributed by atoms with Crippen molar-refractivity contribution in [3.05, 3.63) is 16.1 Å². The van der Waals surface area contributed by atoms with Crippen molar-refractivity contribution in [1.82, 2.24) is 14.9 Å². The second-order valence-corrected chi connectivity index (χ2v) is 5.35. The predicted molar refractivity (Wildman–Crippen MR) is 73.5 cm³/mol. The fourth-order valence-corrected chi connectivity index (χ4v) is 2.49. The largest absolute Gasteiger partial charge is 0.368 e. The number of rotatable bonds is 4. The second-order valence-electron chi connectivity index (χ2n) is 4.19. The first kappa shape index (κ1) is 12.0. The van der Waals surface area contributed by atoms with Crippen molar-refractivity contribution in [3.63, 3.8) is 0 Å². The molecule has 2 heterocycles. The molecule has 1 aliphatic rings. The lowest BCUT2D eigenvalue weighted by Crippen LogP contribution is -2.35. The first-order valence-electron chi connectivity index (χ1n) is 5.71. The standard InChI is InChI=1S/C11H17IN4/c1-9(16-4-2-3-5-16)6-14-11-10(12)7-13-8-15-11/h7-9H,2-6H2,1H3,(H,13,14,15). The van der Waals surface area contributed by atoms with Gasteiger partial charge in [0.2, 0.25) is 0 Å². The van der Waals surface area contributed by atoms with Crippen LogP contribution in [0, 0.1) is 3.57 Å². The van der Waals surface area contributed by atoms with E-state index >= 15 is 0 Å². The number of anilines is 1. The van der Waals surface area contributed by atoms with Crippen LogP contribution in [0.5, 0.6) is 0 Å². The summed E-state index contributed by atoms with van der Waals surface area (Å²) in [6, 6.07) is 0.577. The van der Waals surface area contributed by atoms with Crippen molar-refractivity contribution >= 4 is 28.4 Å². The van der Waals surface area contributed by atoms with Gasteiger partial charge in [-0.3, -0.25) is 4.90 Å². The molecule has 0 saturated carbocycles. The van der Waals surface area contributed by atoms with E-state index in [0.717, 1.165) is 15.9 Å². The second kappa shape index (κ2) is 5.77.